The van der Waals surface area contributed by atoms with E-state index in [2.05, 4.69) is 6.58 Å². The van der Waals surface area contributed by atoms with Gasteiger partial charge in [-0.2, -0.15) is 0 Å². The van der Waals surface area contributed by atoms with Gasteiger partial charge in [0.2, 0.25) is 0 Å². The summed E-state index contributed by atoms with van der Waals surface area (Å²) in [6, 6.07) is 31.1. The number of β-lactam (4-membered cyclic amide) rings is 1. The fourth-order valence-electron chi connectivity index (χ4n) is 6.96. The maximum atomic E-state index is 15.0. The molecule has 0 radical (unpaired) electrons. The Labute approximate surface area is 295 Å². The van der Waals surface area contributed by atoms with Crippen LogP contribution in [0.2, 0.25) is 0 Å². The van der Waals surface area contributed by atoms with E-state index in [0.29, 0.717) is 15.9 Å². The minimum atomic E-state index is -3.41. The number of hydrogen-bond acceptors (Lipinski definition) is 8. The van der Waals surface area contributed by atoms with E-state index in [1.807, 2.05) is 91.0 Å². The lowest BCUT2D eigenvalue weighted by Crippen LogP contribution is -2.78. The van der Waals surface area contributed by atoms with Crippen LogP contribution in [0.3, 0.4) is 0 Å². The number of benzene rings is 4. The number of rotatable bonds is 12. The largest absolute Gasteiger partial charge is 0.457 e. The SMILES string of the molecule is C=CCOC(=O)C(N1C(=O)[C@@H](N2C(=O)c3ccccc3C2=O)[C@@H]1C(OC(C)=O)C(O)CC)=P(c1ccccc1)(c1ccccc1)c1ccccc1. The number of aliphatic hydroxyl groups is 1. The first-order valence-electron chi connectivity index (χ1n) is 16.5. The molecule has 6 rings (SSSR count). The molecule has 1 fully saturated rings. The summed E-state index contributed by atoms with van der Waals surface area (Å²) >= 11 is 0. The molecule has 11 heteroatoms. The third-order valence-corrected chi connectivity index (χ3v) is 13.4. The van der Waals surface area contributed by atoms with Crippen molar-refractivity contribution in [2.45, 2.75) is 44.6 Å². The van der Waals surface area contributed by atoms with Crippen molar-refractivity contribution in [1.82, 2.24) is 9.80 Å². The Morgan fingerprint density at radius 1 is 0.804 bits per heavy atom. The van der Waals surface area contributed by atoms with Gasteiger partial charge >= 0.3 is 11.9 Å². The minimum Gasteiger partial charge on any atom is -0.457 e. The lowest BCUT2D eigenvalue weighted by Gasteiger charge is -2.54. The molecule has 0 aliphatic carbocycles. The molecular formula is C40H37N2O8P. The van der Waals surface area contributed by atoms with Gasteiger partial charge in [0.25, 0.3) is 17.7 Å². The fourth-order valence-corrected chi connectivity index (χ4v) is 11.3. The third kappa shape index (κ3) is 6.00. The van der Waals surface area contributed by atoms with Crippen LogP contribution in [0.4, 0.5) is 0 Å². The highest BCUT2D eigenvalue weighted by atomic mass is 31.2. The zero-order valence-corrected chi connectivity index (χ0v) is 29.0. The van der Waals surface area contributed by atoms with Crippen molar-refractivity contribution in [3.8, 4) is 0 Å². The number of carbonyl (C=O) groups excluding carboxylic acids is 5. The second-order valence-corrected chi connectivity index (χ2v) is 15.4. The van der Waals surface area contributed by atoms with E-state index in [9.17, 15) is 29.1 Å². The molecule has 4 atom stereocenters. The minimum absolute atomic E-state index is 0.0729. The molecule has 3 amide bonds. The highest BCUT2D eigenvalue weighted by Gasteiger charge is 2.63. The van der Waals surface area contributed by atoms with Crippen LogP contribution in [0.25, 0.3) is 0 Å². The van der Waals surface area contributed by atoms with Gasteiger partial charge < -0.3 is 14.6 Å². The summed E-state index contributed by atoms with van der Waals surface area (Å²) in [4.78, 5) is 72.3. The van der Waals surface area contributed by atoms with Crippen molar-refractivity contribution >= 4 is 57.9 Å². The molecule has 51 heavy (non-hydrogen) atoms. The van der Waals surface area contributed by atoms with Gasteiger partial charge in [0.15, 0.2) is 6.10 Å². The quantitative estimate of drug-likeness (QED) is 0.0782. The summed E-state index contributed by atoms with van der Waals surface area (Å²) in [5.41, 5.74) is 0.153. The van der Waals surface area contributed by atoms with E-state index < -0.39 is 60.8 Å². The van der Waals surface area contributed by atoms with Crippen LogP contribution in [-0.2, 0) is 23.9 Å². The number of hydrogen-bond donors (Lipinski definition) is 1. The summed E-state index contributed by atoms with van der Waals surface area (Å²) in [5.74, 6) is -3.81. The Hall–Kier alpha value is -5.57. The van der Waals surface area contributed by atoms with Crippen LogP contribution < -0.4 is 15.9 Å². The summed E-state index contributed by atoms with van der Waals surface area (Å²) in [6.45, 7) is 2.93. The van der Waals surface area contributed by atoms with Gasteiger partial charge in [0.1, 0.15) is 24.1 Å². The Balaban J connectivity index is 1.73. The van der Waals surface area contributed by atoms with Crippen molar-refractivity contribution in [2.75, 3.05) is 6.61 Å². The normalized spacial score (nSPS) is 18.0. The van der Waals surface area contributed by atoms with E-state index in [-0.39, 0.29) is 29.6 Å². The highest BCUT2D eigenvalue weighted by Crippen LogP contribution is 2.50. The van der Waals surface area contributed by atoms with E-state index in [0.717, 1.165) is 11.8 Å². The maximum Gasteiger partial charge on any atom is 0.356 e. The number of carbonyl (C=O) groups is 5. The number of amides is 3. The number of aliphatic hydroxyl groups excluding tert-OH is 1. The van der Waals surface area contributed by atoms with Gasteiger partial charge in [-0.1, -0.05) is 123 Å². The molecule has 0 spiro atoms. The van der Waals surface area contributed by atoms with Crippen LogP contribution in [0, 0.1) is 0 Å². The van der Waals surface area contributed by atoms with E-state index >= 15 is 0 Å². The lowest BCUT2D eigenvalue weighted by atomic mass is 9.85. The second kappa shape index (κ2) is 14.7. The molecule has 2 aliphatic rings. The van der Waals surface area contributed by atoms with Gasteiger partial charge in [-0.05, 0) is 34.5 Å². The first-order valence-corrected chi connectivity index (χ1v) is 18.3. The van der Waals surface area contributed by atoms with Crippen LogP contribution in [-0.4, -0.2) is 80.9 Å². The average molecular weight is 705 g/mol. The Morgan fingerprint density at radius 3 is 1.67 bits per heavy atom. The molecule has 0 saturated carbocycles. The van der Waals surface area contributed by atoms with Gasteiger partial charge in [-0.25, -0.2) is 4.79 Å². The zero-order valence-electron chi connectivity index (χ0n) is 28.1. The predicted octanol–water partition coefficient (Wildman–Crippen LogP) is 3.42. The molecule has 1 N–H and O–H groups in total. The lowest BCUT2D eigenvalue weighted by molar-refractivity contribution is -0.175. The second-order valence-electron chi connectivity index (χ2n) is 12.1. The molecule has 2 heterocycles. The number of nitrogens with zero attached hydrogens (tertiary/aromatic N) is 2. The molecule has 2 unspecified atom stereocenters. The molecular weight excluding hydrogens is 667 g/mol. The summed E-state index contributed by atoms with van der Waals surface area (Å²) < 4.78 is 11.6. The summed E-state index contributed by atoms with van der Waals surface area (Å²) in [5, 5.41) is 13.5. The fraction of sp³-hybridized carbons (Fsp3) is 0.200. The van der Waals surface area contributed by atoms with Gasteiger partial charge in [0.05, 0.1) is 17.2 Å². The van der Waals surface area contributed by atoms with Crippen LogP contribution in [0.1, 0.15) is 41.0 Å². The van der Waals surface area contributed by atoms with E-state index in [1.165, 1.54) is 23.1 Å². The van der Waals surface area contributed by atoms with Crippen LogP contribution >= 0.6 is 6.89 Å². The third-order valence-electron chi connectivity index (χ3n) is 9.14. The Morgan fingerprint density at radius 2 is 1.25 bits per heavy atom. The molecule has 4 aromatic carbocycles. The molecule has 0 bridgehead atoms. The molecule has 260 valence electrons. The predicted molar refractivity (Wildman–Crippen MR) is 195 cm³/mol. The smallest absolute Gasteiger partial charge is 0.356 e. The van der Waals surface area contributed by atoms with Crippen molar-refractivity contribution < 1.29 is 38.6 Å². The maximum absolute atomic E-state index is 15.0. The first-order chi connectivity index (χ1) is 24.7. The molecule has 2 aliphatic heterocycles. The Kier molecular flexibility index (Phi) is 10.2. The number of fused-ring (bicyclic) bond motifs is 1. The standard InChI is InChI=1S/C40H37N2O8P/c1-4-25-49-40(48)39(51(27-17-9-6-10-18-27,28-19-11-7-12-20-28)29-21-13-8-14-22-29)42-33(35(32(44)5-2)50-26(3)43)34(38(42)47)41-36(45)30-23-15-16-24-31(30)37(41)46/h4,6-24,32-35,44H,1,5,25H2,2-3H3/t32?,33-,34+,35?/m1/s1. The van der Waals surface area contributed by atoms with Crippen LogP contribution in [0.5, 0.6) is 0 Å². The summed E-state index contributed by atoms with van der Waals surface area (Å²) in [7, 11) is 0. The average Bonchev–Trinajstić information content (AvgIpc) is 3.40. The highest BCUT2D eigenvalue weighted by molar-refractivity contribution is 7.96. The van der Waals surface area contributed by atoms with Gasteiger partial charge in [0, 0.05) is 13.8 Å². The van der Waals surface area contributed by atoms with Crippen molar-refractivity contribution in [1.29, 1.82) is 0 Å². The summed E-state index contributed by atoms with van der Waals surface area (Å²) in [6.07, 6.45) is -1.32. The van der Waals surface area contributed by atoms with Crippen molar-refractivity contribution in [3.63, 3.8) is 0 Å². The van der Waals surface area contributed by atoms with Crippen molar-refractivity contribution in [2.24, 2.45) is 0 Å². The molecule has 0 aromatic heterocycles. The number of esters is 2. The van der Waals surface area contributed by atoms with E-state index in [1.54, 1.807) is 19.1 Å². The molecule has 10 nitrogen and oxygen atoms in total. The topological polar surface area (TPSA) is 131 Å². The monoisotopic (exact) mass is 704 g/mol. The number of imide groups is 1. The first kappa shape index (κ1) is 35.3. The Bertz CT molecular complexity index is 1910. The van der Waals surface area contributed by atoms with E-state index in [4.69, 9.17) is 9.47 Å². The van der Waals surface area contributed by atoms with Crippen molar-refractivity contribution in [3.05, 3.63) is 139 Å². The van der Waals surface area contributed by atoms with Gasteiger partial charge in [-0.3, -0.25) is 29.0 Å². The molecule has 4 aromatic rings. The number of ether oxygens (including phenoxy) is 2. The van der Waals surface area contributed by atoms with Gasteiger partial charge in [-0.15, -0.1) is 0 Å². The van der Waals surface area contributed by atoms with Crippen LogP contribution in [0.15, 0.2) is 128 Å². The number of likely N-dealkylation sites (tertiary alicyclic amines) is 1. The zero-order chi connectivity index (χ0) is 36.3. The molecule has 1 saturated heterocycles.